The van der Waals surface area contributed by atoms with Crippen LogP contribution in [0, 0.1) is 0 Å². The summed E-state index contributed by atoms with van der Waals surface area (Å²) in [7, 11) is -3.85. The molecule has 0 heterocycles. The molecule has 0 bridgehead atoms. The second kappa shape index (κ2) is 8.42. The number of benzene rings is 2. The Morgan fingerprint density at radius 3 is 2.44 bits per heavy atom. The summed E-state index contributed by atoms with van der Waals surface area (Å²) in [5.41, 5.74) is 0.178. The number of carbonyl (C=O) groups excluding carboxylic acids is 1. The van der Waals surface area contributed by atoms with Gasteiger partial charge in [-0.15, -0.1) is 0 Å². The molecule has 0 radical (unpaired) electrons. The van der Waals surface area contributed by atoms with Gasteiger partial charge in [-0.3, -0.25) is 4.72 Å². The van der Waals surface area contributed by atoms with E-state index < -0.39 is 16.0 Å². The molecule has 0 saturated heterocycles. The van der Waals surface area contributed by atoms with Crippen LogP contribution in [0.1, 0.15) is 6.92 Å². The molecule has 0 aliphatic heterocycles. The highest BCUT2D eigenvalue weighted by Gasteiger charge is 2.17. The number of nitrogens with one attached hydrogen (secondary N) is 1. The molecule has 0 spiro atoms. The Balaban J connectivity index is 2.09. The maximum atomic E-state index is 12.4. The smallest absolute Gasteiger partial charge is 0.344 e. The van der Waals surface area contributed by atoms with E-state index in [0.29, 0.717) is 5.75 Å². The molecule has 2 aromatic carbocycles. The lowest BCUT2D eigenvalue weighted by atomic mass is 10.3. The SMILES string of the molecule is CCOC(=O)COc1ccc(S(=O)(=O)Nc2cccc(Cl)c2Cl)cc1. The number of anilines is 1. The minimum atomic E-state index is -3.85. The van der Waals surface area contributed by atoms with Crippen molar-refractivity contribution in [2.24, 2.45) is 0 Å². The van der Waals surface area contributed by atoms with Crippen LogP contribution in [0.2, 0.25) is 10.0 Å². The van der Waals surface area contributed by atoms with E-state index in [4.69, 9.17) is 32.7 Å². The van der Waals surface area contributed by atoms with E-state index in [0.717, 1.165) is 0 Å². The number of ether oxygens (including phenoxy) is 2. The monoisotopic (exact) mass is 403 g/mol. The fourth-order valence-corrected chi connectivity index (χ4v) is 3.32. The molecule has 0 saturated carbocycles. The Morgan fingerprint density at radius 2 is 1.80 bits per heavy atom. The van der Waals surface area contributed by atoms with Crippen LogP contribution in [0.4, 0.5) is 5.69 Å². The molecule has 6 nitrogen and oxygen atoms in total. The van der Waals surface area contributed by atoms with Gasteiger partial charge in [0.1, 0.15) is 5.75 Å². The second-order valence-corrected chi connectivity index (χ2v) is 7.24. The first kappa shape index (κ1) is 19.4. The molecular formula is C16H15Cl2NO5S. The summed E-state index contributed by atoms with van der Waals surface area (Å²) in [5.74, 6) is -0.163. The first-order valence-electron chi connectivity index (χ1n) is 7.19. The summed E-state index contributed by atoms with van der Waals surface area (Å²) in [5, 5.41) is 0.353. The van der Waals surface area contributed by atoms with Crippen molar-refractivity contribution in [2.75, 3.05) is 17.9 Å². The number of carbonyl (C=O) groups is 1. The fraction of sp³-hybridized carbons (Fsp3) is 0.188. The van der Waals surface area contributed by atoms with Crippen LogP contribution < -0.4 is 9.46 Å². The number of hydrogen-bond donors (Lipinski definition) is 1. The summed E-state index contributed by atoms with van der Waals surface area (Å²) in [6, 6.07) is 10.2. The molecule has 0 fully saturated rings. The van der Waals surface area contributed by atoms with Gasteiger partial charge in [-0.25, -0.2) is 13.2 Å². The third kappa shape index (κ3) is 5.26. The highest BCUT2D eigenvalue weighted by Crippen LogP contribution is 2.31. The van der Waals surface area contributed by atoms with Gasteiger partial charge in [0.2, 0.25) is 0 Å². The van der Waals surface area contributed by atoms with Crippen molar-refractivity contribution < 1.29 is 22.7 Å². The highest BCUT2D eigenvalue weighted by atomic mass is 35.5. The third-order valence-electron chi connectivity index (χ3n) is 2.99. The van der Waals surface area contributed by atoms with Crippen LogP contribution in [-0.4, -0.2) is 27.6 Å². The molecular weight excluding hydrogens is 389 g/mol. The second-order valence-electron chi connectivity index (χ2n) is 4.77. The van der Waals surface area contributed by atoms with Gasteiger partial charge in [0, 0.05) is 0 Å². The van der Waals surface area contributed by atoms with E-state index in [-0.39, 0.29) is 33.8 Å². The minimum absolute atomic E-state index is 0.00651. The summed E-state index contributed by atoms with van der Waals surface area (Å²) >= 11 is 11.9. The van der Waals surface area contributed by atoms with Crippen molar-refractivity contribution in [2.45, 2.75) is 11.8 Å². The zero-order valence-electron chi connectivity index (χ0n) is 13.2. The lowest BCUT2D eigenvalue weighted by Crippen LogP contribution is -2.15. The van der Waals surface area contributed by atoms with Gasteiger partial charge < -0.3 is 9.47 Å². The van der Waals surface area contributed by atoms with Gasteiger partial charge >= 0.3 is 5.97 Å². The lowest BCUT2D eigenvalue weighted by molar-refractivity contribution is -0.145. The van der Waals surface area contributed by atoms with E-state index >= 15 is 0 Å². The normalized spacial score (nSPS) is 11.0. The standard InChI is InChI=1S/C16H15Cl2NO5S/c1-2-23-15(20)10-24-11-6-8-12(9-7-11)25(21,22)19-14-5-3-4-13(17)16(14)18/h3-9,19H,2,10H2,1H3. The van der Waals surface area contributed by atoms with E-state index in [1.54, 1.807) is 19.1 Å². The van der Waals surface area contributed by atoms with Crippen molar-refractivity contribution in [3.05, 3.63) is 52.5 Å². The van der Waals surface area contributed by atoms with Crippen LogP contribution >= 0.6 is 23.2 Å². The van der Waals surface area contributed by atoms with Gasteiger partial charge in [-0.1, -0.05) is 29.3 Å². The van der Waals surface area contributed by atoms with Crippen molar-refractivity contribution in [3.63, 3.8) is 0 Å². The van der Waals surface area contributed by atoms with Gasteiger partial charge in [0.25, 0.3) is 10.0 Å². The molecule has 0 atom stereocenters. The summed E-state index contributed by atoms with van der Waals surface area (Å²) in [6.07, 6.45) is 0. The third-order valence-corrected chi connectivity index (χ3v) is 5.19. The summed E-state index contributed by atoms with van der Waals surface area (Å²) in [4.78, 5) is 11.2. The topological polar surface area (TPSA) is 81.7 Å². The zero-order valence-corrected chi connectivity index (χ0v) is 15.5. The quantitative estimate of drug-likeness (QED) is 0.712. The molecule has 0 aromatic heterocycles. The molecule has 25 heavy (non-hydrogen) atoms. The lowest BCUT2D eigenvalue weighted by Gasteiger charge is -2.11. The molecule has 2 aromatic rings. The molecule has 0 unspecified atom stereocenters. The maximum absolute atomic E-state index is 12.4. The van der Waals surface area contributed by atoms with Crippen molar-refractivity contribution in [3.8, 4) is 5.75 Å². The minimum Gasteiger partial charge on any atom is -0.482 e. The number of halogens is 2. The summed E-state index contributed by atoms with van der Waals surface area (Å²) in [6.45, 7) is 1.70. The van der Waals surface area contributed by atoms with Crippen LogP contribution in [-0.2, 0) is 19.6 Å². The van der Waals surface area contributed by atoms with E-state index in [1.165, 1.54) is 30.3 Å². The summed E-state index contributed by atoms with van der Waals surface area (Å²) < 4.78 is 37.1. The Kier molecular flexibility index (Phi) is 6.52. The van der Waals surface area contributed by atoms with E-state index in [1.807, 2.05) is 0 Å². The van der Waals surface area contributed by atoms with E-state index in [2.05, 4.69) is 4.72 Å². The maximum Gasteiger partial charge on any atom is 0.344 e. The molecule has 1 N–H and O–H groups in total. The number of sulfonamides is 1. The predicted molar refractivity (Wildman–Crippen MR) is 95.8 cm³/mol. The zero-order chi connectivity index (χ0) is 18.4. The Morgan fingerprint density at radius 1 is 1.12 bits per heavy atom. The average Bonchev–Trinajstić information content (AvgIpc) is 2.58. The number of rotatable bonds is 7. The fourth-order valence-electron chi connectivity index (χ4n) is 1.85. The van der Waals surface area contributed by atoms with Crippen LogP contribution in [0.3, 0.4) is 0 Å². The van der Waals surface area contributed by atoms with Gasteiger partial charge in [-0.05, 0) is 43.3 Å². The molecule has 2 rings (SSSR count). The Bertz CT molecular complexity index is 853. The van der Waals surface area contributed by atoms with Crippen molar-refractivity contribution in [1.82, 2.24) is 0 Å². The molecule has 134 valence electrons. The first-order chi connectivity index (χ1) is 11.8. The Labute approximate surface area is 155 Å². The van der Waals surface area contributed by atoms with Gasteiger partial charge in [-0.2, -0.15) is 0 Å². The number of esters is 1. The molecule has 0 aliphatic carbocycles. The molecule has 0 aliphatic rings. The van der Waals surface area contributed by atoms with Crippen molar-refractivity contribution >= 4 is 44.9 Å². The van der Waals surface area contributed by atoms with E-state index in [9.17, 15) is 13.2 Å². The Hall–Kier alpha value is -1.96. The predicted octanol–water partition coefficient (Wildman–Crippen LogP) is 3.74. The first-order valence-corrected chi connectivity index (χ1v) is 9.42. The van der Waals surface area contributed by atoms with Crippen molar-refractivity contribution in [1.29, 1.82) is 0 Å². The number of hydrogen-bond acceptors (Lipinski definition) is 5. The molecule has 0 amide bonds. The van der Waals surface area contributed by atoms with Gasteiger partial charge in [0.05, 0.1) is 27.2 Å². The van der Waals surface area contributed by atoms with Gasteiger partial charge in [0.15, 0.2) is 6.61 Å². The van der Waals surface area contributed by atoms with Crippen LogP contribution in [0.5, 0.6) is 5.75 Å². The van der Waals surface area contributed by atoms with Crippen LogP contribution in [0.25, 0.3) is 0 Å². The largest absolute Gasteiger partial charge is 0.482 e. The molecule has 9 heteroatoms. The highest BCUT2D eigenvalue weighted by molar-refractivity contribution is 7.92. The van der Waals surface area contributed by atoms with Crippen LogP contribution in [0.15, 0.2) is 47.4 Å². The average molecular weight is 404 g/mol.